The summed E-state index contributed by atoms with van der Waals surface area (Å²) >= 11 is 0. The second-order valence-corrected chi connectivity index (χ2v) is 16.4. The number of hydrogen-bond acceptors (Lipinski definition) is 6. The molecule has 0 aromatic rings. The number of esters is 3. The summed E-state index contributed by atoms with van der Waals surface area (Å²) in [6.45, 7) is 6.39. The first-order chi connectivity index (χ1) is 30.5. The maximum absolute atomic E-state index is 12.8. The first-order valence-corrected chi connectivity index (χ1v) is 25.3. The Morgan fingerprint density at radius 2 is 0.710 bits per heavy atom. The van der Waals surface area contributed by atoms with E-state index in [1.807, 2.05) is 0 Å². The molecule has 0 aromatic carbocycles. The highest BCUT2D eigenvalue weighted by molar-refractivity contribution is 5.71. The molecule has 0 aliphatic carbocycles. The molecule has 0 aliphatic rings. The summed E-state index contributed by atoms with van der Waals surface area (Å²) in [7, 11) is 0. The number of carbonyl (C=O) groups excluding carboxylic acids is 3. The Balaban J connectivity index is 4.47. The molecule has 0 heterocycles. The molecule has 1 atom stereocenters. The van der Waals surface area contributed by atoms with Gasteiger partial charge in [-0.2, -0.15) is 0 Å². The minimum absolute atomic E-state index is 0.105. The Morgan fingerprint density at radius 3 is 1.19 bits per heavy atom. The number of allylic oxidation sites excluding steroid dienone is 16. The Bertz CT molecular complexity index is 1260. The van der Waals surface area contributed by atoms with Crippen molar-refractivity contribution in [3.05, 3.63) is 97.2 Å². The Morgan fingerprint density at radius 1 is 0.355 bits per heavy atom. The lowest BCUT2D eigenvalue weighted by atomic mass is 10.1. The summed E-state index contributed by atoms with van der Waals surface area (Å²) < 4.78 is 16.7. The van der Waals surface area contributed by atoms with E-state index in [0.717, 1.165) is 135 Å². The largest absolute Gasteiger partial charge is 0.462 e. The van der Waals surface area contributed by atoms with E-state index in [1.165, 1.54) is 44.9 Å². The van der Waals surface area contributed by atoms with Crippen LogP contribution in [0.15, 0.2) is 97.2 Å². The van der Waals surface area contributed by atoms with Gasteiger partial charge in [0.15, 0.2) is 6.10 Å². The third-order valence-corrected chi connectivity index (χ3v) is 10.4. The van der Waals surface area contributed by atoms with Crippen LogP contribution in [0.3, 0.4) is 0 Å². The molecule has 6 nitrogen and oxygen atoms in total. The molecule has 0 N–H and O–H groups in total. The molecule has 0 spiro atoms. The molecule has 352 valence electrons. The molecule has 0 saturated heterocycles. The van der Waals surface area contributed by atoms with Gasteiger partial charge in [0.2, 0.25) is 0 Å². The van der Waals surface area contributed by atoms with Crippen LogP contribution >= 0.6 is 0 Å². The van der Waals surface area contributed by atoms with Crippen molar-refractivity contribution in [1.29, 1.82) is 0 Å². The van der Waals surface area contributed by atoms with Crippen molar-refractivity contribution >= 4 is 17.9 Å². The van der Waals surface area contributed by atoms with Gasteiger partial charge in [0.1, 0.15) is 13.2 Å². The molecule has 0 aromatic heterocycles. The van der Waals surface area contributed by atoms with Crippen LogP contribution in [0.25, 0.3) is 0 Å². The van der Waals surface area contributed by atoms with Gasteiger partial charge in [0, 0.05) is 19.3 Å². The Hall–Kier alpha value is -3.67. The first kappa shape index (κ1) is 58.3. The van der Waals surface area contributed by atoms with Crippen LogP contribution in [0.5, 0.6) is 0 Å². The molecule has 62 heavy (non-hydrogen) atoms. The van der Waals surface area contributed by atoms with Crippen molar-refractivity contribution in [2.24, 2.45) is 0 Å². The highest BCUT2D eigenvalue weighted by Gasteiger charge is 2.19. The van der Waals surface area contributed by atoms with E-state index in [4.69, 9.17) is 14.2 Å². The SMILES string of the molecule is CC/C=C\C/C=C\C/C=C\C/C=C\CCCCCC(=O)OC(COC(=O)CCCCCC/C=C\CCCC)COC(=O)CCCCCCC\C=C/C=C\C=C/CCCCCCC. The van der Waals surface area contributed by atoms with Gasteiger partial charge in [0.25, 0.3) is 0 Å². The van der Waals surface area contributed by atoms with Crippen molar-refractivity contribution in [3.63, 3.8) is 0 Å². The third-order valence-electron chi connectivity index (χ3n) is 10.4. The van der Waals surface area contributed by atoms with E-state index in [-0.39, 0.29) is 37.5 Å². The van der Waals surface area contributed by atoms with Crippen molar-refractivity contribution in [2.75, 3.05) is 13.2 Å². The normalized spacial score (nSPS) is 12.9. The number of unbranched alkanes of at least 4 members (excludes halogenated alkanes) is 19. The quantitative estimate of drug-likeness (QED) is 0.0200. The van der Waals surface area contributed by atoms with Gasteiger partial charge in [-0.05, 0) is 103 Å². The van der Waals surface area contributed by atoms with Gasteiger partial charge in [-0.1, -0.05) is 195 Å². The van der Waals surface area contributed by atoms with E-state index in [0.29, 0.717) is 12.8 Å². The van der Waals surface area contributed by atoms with Crippen LogP contribution in [0.2, 0.25) is 0 Å². The summed E-state index contributed by atoms with van der Waals surface area (Å²) in [5.74, 6) is -0.975. The molecule has 0 fully saturated rings. The fraction of sp³-hybridized carbons (Fsp3) is 0.661. The molecule has 1 unspecified atom stereocenters. The van der Waals surface area contributed by atoms with Crippen LogP contribution < -0.4 is 0 Å². The predicted molar refractivity (Wildman–Crippen MR) is 265 cm³/mol. The number of carbonyl (C=O) groups is 3. The minimum atomic E-state index is -0.807. The topological polar surface area (TPSA) is 78.9 Å². The molecule has 0 aliphatic heterocycles. The smallest absolute Gasteiger partial charge is 0.306 e. The summed E-state index contributed by atoms with van der Waals surface area (Å²) in [5, 5.41) is 0. The van der Waals surface area contributed by atoms with Crippen molar-refractivity contribution in [3.8, 4) is 0 Å². The summed E-state index contributed by atoms with van der Waals surface area (Å²) in [6.07, 6.45) is 65.3. The lowest BCUT2D eigenvalue weighted by Crippen LogP contribution is -2.30. The number of hydrogen-bond donors (Lipinski definition) is 0. The zero-order chi connectivity index (χ0) is 45.1. The average molecular weight is 861 g/mol. The van der Waals surface area contributed by atoms with Crippen LogP contribution in [0.1, 0.15) is 220 Å². The molecular weight excluding hydrogens is 769 g/mol. The van der Waals surface area contributed by atoms with Gasteiger partial charge in [-0.15, -0.1) is 0 Å². The van der Waals surface area contributed by atoms with Gasteiger partial charge in [-0.25, -0.2) is 0 Å². The molecule has 0 radical (unpaired) electrons. The number of rotatable bonds is 44. The van der Waals surface area contributed by atoms with Gasteiger partial charge in [0.05, 0.1) is 0 Å². The van der Waals surface area contributed by atoms with Crippen LogP contribution in [0, 0.1) is 0 Å². The fourth-order valence-corrected chi connectivity index (χ4v) is 6.53. The Kier molecular flexibility index (Phi) is 47.0. The zero-order valence-electron chi connectivity index (χ0n) is 40.1. The van der Waals surface area contributed by atoms with Gasteiger partial charge < -0.3 is 14.2 Å². The van der Waals surface area contributed by atoms with Crippen LogP contribution in [-0.4, -0.2) is 37.2 Å². The second kappa shape index (κ2) is 50.0. The van der Waals surface area contributed by atoms with Crippen LogP contribution in [0.4, 0.5) is 0 Å². The summed E-state index contributed by atoms with van der Waals surface area (Å²) in [5.41, 5.74) is 0. The lowest BCUT2D eigenvalue weighted by Gasteiger charge is -2.18. The summed E-state index contributed by atoms with van der Waals surface area (Å²) in [6, 6.07) is 0. The van der Waals surface area contributed by atoms with Crippen molar-refractivity contribution in [1.82, 2.24) is 0 Å². The lowest BCUT2D eigenvalue weighted by molar-refractivity contribution is -0.167. The monoisotopic (exact) mass is 861 g/mol. The van der Waals surface area contributed by atoms with E-state index >= 15 is 0 Å². The standard InChI is InChI=1S/C56H92O6/c1-4-7-10-13-16-19-22-24-26-28-29-31-32-34-37-40-43-46-49-55(58)61-52-53(51-60-54(57)48-45-42-39-36-21-18-15-12-9-6-3)62-56(59)50-47-44-41-38-35-33-30-27-25-23-20-17-14-11-8-5-2/h8,11,15,17-18,20,22,24-29,31,33,35,53H,4-7,9-10,12-14,16,19,21,23,30,32,34,36-52H2,1-3H3/b11-8-,18-15-,20-17-,24-22-,27-25-,28-26-,31-29-,35-33-. The summed E-state index contributed by atoms with van der Waals surface area (Å²) in [4.78, 5) is 37.9. The molecule has 0 rings (SSSR count). The molecule has 0 saturated carbocycles. The zero-order valence-corrected chi connectivity index (χ0v) is 40.1. The van der Waals surface area contributed by atoms with E-state index < -0.39 is 6.10 Å². The van der Waals surface area contributed by atoms with Crippen LogP contribution in [-0.2, 0) is 28.6 Å². The highest BCUT2D eigenvalue weighted by Crippen LogP contribution is 2.12. The molecular formula is C56H92O6. The predicted octanol–water partition coefficient (Wildman–Crippen LogP) is 16.6. The average Bonchev–Trinajstić information content (AvgIpc) is 3.27. The molecule has 0 bridgehead atoms. The maximum atomic E-state index is 12.8. The fourth-order valence-electron chi connectivity index (χ4n) is 6.53. The molecule has 6 heteroatoms. The van der Waals surface area contributed by atoms with E-state index in [1.54, 1.807) is 0 Å². The van der Waals surface area contributed by atoms with Gasteiger partial charge in [-0.3, -0.25) is 14.4 Å². The highest BCUT2D eigenvalue weighted by atomic mass is 16.6. The Labute approximate surface area is 381 Å². The number of ether oxygens (including phenoxy) is 3. The van der Waals surface area contributed by atoms with E-state index in [2.05, 4.69) is 118 Å². The van der Waals surface area contributed by atoms with Gasteiger partial charge >= 0.3 is 17.9 Å². The van der Waals surface area contributed by atoms with Crippen molar-refractivity contribution in [2.45, 2.75) is 226 Å². The minimum Gasteiger partial charge on any atom is -0.462 e. The third kappa shape index (κ3) is 47.4. The second-order valence-electron chi connectivity index (χ2n) is 16.4. The maximum Gasteiger partial charge on any atom is 0.306 e. The first-order valence-electron chi connectivity index (χ1n) is 25.3. The van der Waals surface area contributed by atoms with E-state index in [9.17, 15) is 14.4 Å². The molecule has 0 amide bonds. The van der Waals surface area contributed by atoms with Crippen molar-refractivity contribution < 1.29 is 28.6 Å².